The van der Waals surface area contributed by atoms with E-state index in [9.17, 15) is 19.0 Å². The minimum Gasteiger partial charge on any atom is -0.394 e. The van der Waals surface area contributed by atoms with E-state index in [2.05, 4.69) is 15.0 Å². The number of ether oxygens (including phenoxy) is 1. The molecule has 1 fully saturated rings. The number of hydrogen-bond donors (Lipinski definition) is 2. The Balaban J connectivity index is 1.99. The molecule has 132 valence electrons. The monoisotopic (exact) mass is 343 g/mol. The maximum atomic E-state index is 12.8. The zero-order chi connectivity index (χ0) is 17.1. The molecule has 0 aromatic carbocycles. The van der Waals surface area contributed by atoms with Crippen LogP contribution in [-0.2, 0) is 4.74 Å². The number of alkyl halides is 2. The minimum absolute atomic E-state index is 0.201. The Morgan fingerprint density at radius 3 is 2.75 bits per heavy atom. The largest absolute Gasteiger partial charge is 0.394 e. The van der Waals surface area contributed by atoms with E-state index in [0.717, 1.165) is 0 Å². The van der Waals surface area contributed by atoms with Crippen molar-refractivity contribution in [2.45, 2.75) is 24.9 Å². The van der Waals surface area contributed by atoms with Gasteiger partial charge in [0.05, 0.1) is 44.8 Å². The molecule has 0 radical (unpaired) electrons. The molecule has 0 amide bonds. The number of anilines is 1. The van der Waals surface area contributed by atoms with Gasteiger partial charge in [0.2, 0.25) is 6.43 Å². The summed E-state index contributed by atoms with van der Waals surface area (Å²) in [4.78, 5) is 14.4. The Kier molecular flexibility index (Phi) is 5.17. The second-order valence-electron chi connectivity index (χ2n) is 5.59. The molecule has 3 heterocycles. The summed E-state index contributed by atoms with van der Waals surface area (Å²) in [6.45, 7) is 0.508. The van der Waals surface area contributed by atoms with E-state index in [1.54, 1.807) is 9.47 Å². The minimum atomic E-state index is -2.44. The highest BCUT2D eigenvalue weighted by atomic mass is 19.3. The maximum absolute atomic E-state index is 12.8. The highest BCUT2D eigenvalue weighted by Gasteiger charge is 2.29. The van der Waals surface area contributed by atoms with Crippen molar-refractivity contribution in [3.8, 4) is 0 Å². The van der Waals surface area contributed by atoms with Crippen LogP contribution in [0.2, 0.25) is 0 Å². The summed E-state index contributed by atoms with van der Waals surface area (Å²) >= 11 is 0. The summed E-state index contributed by atoms with van der Waals surface area (Å²) in [5, 5.41) is 18.7. The number of aliphatic hydroxyl groups excluding tert-OH is 2. The summed E-state index contributed by atoms with van der Waals surface area (Å²) in [7, 11) is 0. The number of fused-ring (bicyclic) bond motifs is 1. The number of hydrogen-bond acceptors (Lipinski definition) is 7. The highest BCUT2D eigenvalue weighted by Crippen LogP contribution is 2.28. The molecule has 1 aliphatic heterocycles. The summed E-state index contributed by atoms with van der Waals surface area (Å²) in [5.74, 6) is 0.460. The van der Waals surface area contributed by atoms with Crippen LogP contribution in [0.25, 0.3) is 11.2 Å². The van der Waals surface area contributed by atoms with Crippen LogP contribution in [0.3, 0.4) is 0 Å². The first-order chi connectivity index (χ1) is 11.7. The molecule has 0 spiro atoms. The van der Waals surface area contributed by atoms with Gasteiger partial charge in [0, 0.05) is 13.0 Å². The second kappa shape index (κ2) is 7.32. The lowest BCUT2D eigenvalue weighted by Crippen LogP contribution is -2.47. The quantitative estimate of drug-likeness (QED) is 0.774. The number of halogens is 2. The van der Waals surface area contributed by atoms with Crippen LogP contribution < -0.4 is 4.90 Å². The first kappa shape index (κ1) is 16.9. The van der Waals surface area contributed by atoms with Gasteiger partial charge in [-0.15, -0.1) is 0 Å². The molecular weight excluding hydrogens is 324 g/mol. The zero-order valence-corrected chi connectivity index (χ0v) is 12.9. The molecule has 1 aliphatic rings. The van der Waals surface area contributed by atoms with Gasteiger partial charge in [-0.05, 0) is 0 Å². The van der Waals surface area contributed by atoms with E-state index in [0.29, 0.717) is 30.1 Å². The smallest absolute Gasteiger partial charge is 0.240 e. The lowest BCUT2D eigenvalue weighted by atomic mass is 10.1. The predicted octanol–water partition coefficient (Wildman–Crippen LogP) is 0.212. The van der Waals surface area contributed by atoms with Crippen LogP contribution in [-0.4, -0.2) is 75.2 Å². The Morgan fingerprint density at radius 2 is 2.04 bits per heavy atom. The van der Waals surface area contributed by atoms with Crippen LogP contribution in [0.1, 0.15) is 12.5 Å². The standard InChI is InChI=1S/C14H19F2N5O3/c15-11(16)3-9-6-24-2-1-20(9)13-12-14(18-7-17-13)21(8-19-12)10(4-22)5-23/h7-11,22-23H,1-6H2. The van der Waals surface area contributed by atoms with E-state index >= 15 is 0 Å². The topological polar surface area (TPSA) is 96.5 Å². The number of imidazole rings is 1. The fourth-order valence-corrected chi connectivity index (χ4v) is 2.89. The molecule has 1 atom stereocenters. The Labute approximate surface area is 136 Å². The highest BCUT2D eigenvalue weighted by molar-refractivity contribution is 5.83. The Morgan fingerprint density at radius 1 is 1.25 bits per heavy atom. The first-order valence-corrected chi connectivity index (χ1v) is 7.67. The van der Waals surface area contributed by atoms with Crippen LogP contribution >= 0.6 is 0 Å². The molecule has 10 heteroatoms. The predicted molar refractivity (Wildman–Crippen MR) is 81.1 cm³/mol. The van der Waals surface area contributed by atoms with Gasteiger partial charge in [-0.2, -0.15) is 0 Å². The molecule has 1 saturated heterocycles. The number of aliphatic hydroxyl groups is 2. The number of nitrogens with zero attached hydrogens (tertiary/aromatic N) is 5. The molecule has 24 heavy (non-hydrogen) atoms. The van der Waals surface area contributed by atoms with Crippen molar-refractivity contribution in [2.24, 2.45) is 0 Å². The molecule has 0 bridgehead atoms. The molecule has 2 N–H and O–H groups in total. The van der Waals surface area contributed by atoms with Crippen LogP contribution in [0.4, 0.5) is 14.6 Å². The molecule has 0 aliphatic carbocycles. The lowest BCUT2D eigenvalue weighted by molar-refractivity contribution is 0.0582. The van der Waals surface area contributed by atoms with Crippen molar-refractivity contribution in [3.63, 3.8) is 0 Å². The zero-order valence-electron chi connectivity index (χ0n) is 12.9. The number of morpholine rings is 1. The Hall–Kier alpha value is -1.91. The van der Waals surface area contributed by atoms with Crippen molar-refractivity contribution in [3.05, 3.63) is 12.7 Å². The third-order valence-corrected chi connectivity index (χ3v) is 4.10. The van der Waals surface area contributed by atoms with Gasteiger partial charge < -0.3 is 24.4 Å². The lowest BCUT2D eigenvalue weighted by Gasteiger charge is -2.36. The van der Waals surface area contributed by atoms with Gasteiger partial charge in [-0.25, -0.2) is 23.7 Å². The van der Waals surface area contributed by atoms with Gasteiger partial charge in [-0.1, -0.05) is 0 Å². The normalized spacial score (nSPS) is 18.9. The molecule has 0 saturated carbocycles. The fourth-order valence-electron chi connectivity index (χ4n) is 2.89. The third kappa shape index (κ3) is 3.17. The van der Waals surface area contributed by atoms with Crippen molar-refractivity contribution >= 4 is 17.0 Å². The van der Waals surface area contributed by atoms with Crippen LogP contribution in [0, 0.1) is 0 Å². The summed E-state index contributed by atoms with van der Waals surface area (Å²) in [6.07, 6.45) is 0.0310. The van der Waals surface area contributed by atoms with Crippen LogP contribution in [0.15, 0.2) is 12.7 Å². The molecule has 3 rings (SSSR count). The van der Waals surface area contributed by atoms with Gasteiger partial charge in [-0.3, -0.25) is 0 Å². The molecule has 1 unspecified atom stereocenters. The second-order valence-corrected chi connectivity index (χ2v) is 5.59. The molecule has 2 aromatic rings. The van der Waals surface area contributed by atoms with Crippen LogP contribution in [0.5, 0.6) is 0 Å². The first-order valence-electron chi connectivity index (χ1n) is 7.67. The van der Waals surface area contributed by atoms with E-state index in [4.69, 9.17) is 4.74 Å². The molecule has 2 aromatic heterocycles. The van der Waals surface area contributed by atoms with Gasteiger partial charge in [0.1, 0.15) is 6.33 Å². The van der Waals surface area contributed by atoms with Gasteiger partial charge in [0.15, 0.2) is 17.0 Å². The number of rotatable bonds is 6. The van der Waals surface area contributed by atoms with Crippen molar-refractivity contribution in [1.29, 1.82) is 0 Å². The van der Waals surface area contributed by atoms with Gasteiger partial charge in [0.25, 0.3) is 0 Å². The van der Waals surface area contributed by atoms with E-state index < -0.39 is 18.5 Å². The molecule has 8 nitrogen and oxygen atoms in total. The van der Waals surface area contributed by atoms with E-state index in [1.807, 2.05) is 0 Å². The van der Waals surface area contributed by atoms with E-state index in [-0.39, 0.29) is 26.2 Å². The average Bonchev–Trinajstić information content (AvgIpc) is 3.00. The Bertz CT molecular complexity index is 679. The van der Waals surface area contributed by atoms with Gasteiger partial charge >= 0.3 is 0 Å². The fraction of sp³-hybridized carbons (Fsp3) is 0.643. The number of aromatic nitrogens is 4. The third-order valence-electron chi connectivity index (χ3n) is 4.10. The van der Waals surface area contributed by atoms with Crippen molar-refractivity contribution in [2.75, 3.05) is 37.9 Å². The van der Waals surface area contributed by atoms with E-state index in [1.165, 1.54) is 12.7 Å². The maximum Gasteiger partial charge on any atom is 0.240 e. The summed E-state index contributed by atoms with van der Waals surface area (Å²) in [5.41, 5.74) is 0.890. The molecular formula is C14H19F2N5O3. The van der Waals surface area contributed by atoms with Crippen molar-refractivity contribution < 1.29 is 23.7 Å². The SMILES string of the molecule is OCC(CO)n1cnc2c(N3CCOCC3CC(F)F)ncnc21. The average molecular weight is 343 g/mol. The summed E-state index contributed by atoms with van der Waals surface area (Å²) in [6, 6.07) is -1.06. The summed E-state index contributed by atoms with van der Waals surface area (Å²) < 4.78 is 32.5. The van der Waals surface area contributed by atoms with Crippen molar-refractivity contribution in [1.82, 2.24) is 19.5 Å².